The van der Waals surface area contributed by atoms with Crippen molar-refractivity contribution in [2.75, 3.05) is 5.32 Å². The zero-order valence-electron chi connectivity index (χ0n) is 16.8. The molecule has 0 fully saturated rings. The third-order valence-corrected chi connectivity index (χ3v) is 4.00. The van der Waals surface area contributed by atoms with Crippen molar-refractivity contribution in [3.8, 4) is 0 Å². The van der Waals surface area contributed by atoms with Crippen LogP contribution >= 0.6 is 0 Å². The molecular weight excluding hydrogens is 324 g/mol. The van der Waals surface area contributed by atoms with Gasteiger partial charge in [0.2, 0.25) is 0 Å². The summed E-state index contributed by atoms with van der Waals surface area (Å²) in [6.45, 7) is 14.5. The number of para-hydroxylation sites is 1. The van der Waals surface area contributed by atoms with Gasteiger partial charge in [0.05, 0.1) is 12.4 Å². The largest absolute Gasteiger partial charge is 0.346 e. The normalized spacial score (nSPS) is 11.7. The highest BCUT2D eigenvalue weighted by Crippen LogP contribution is 2.33. The average Bonchev–Trinajstić information content (AvgIpc) is 2.53. The van der Waals surface area contributed by atoms with Gasteiger partial charge >= 0.3 is 0 Å². The summed E-state index contributed by atoms with van der Waals surface area (Å²) >= 11 is 0. The van der Waals surface area contributed by atoms with E-state index in [0.29, 0.717) is 23.3 Å². The molecule has 26 heavy (non-hydrogen) atoms. The van der Waals surface area contributed by atoms with Crippen molar-refractivity contribution in [1.29, 1.82) is 0 Å². The van der Waals surface area contributed by atoms with Crippen LogP contribution in [0.4, 0.5) is 11.5 Å². The zero-order valence-corrected chi connectivity index (χ0v) is 16.8. The molecule has 0 aliphatic carbocycles. The van der Waals surface area contributed by atoms with Gasteiger partial charge < -0.3 is 10.6 Å². The molecule has 0 saturated heterocycles. The summed E-state index contributed by atoms with van der Waals surface area (Å²) in [5.74, 6) is 1.19. The lowest BCUT2D eigenvalue weighted by atomic mass is 9.92. The average molecular weight is 354 g/mol. The second-order valence-electron chi connectivity index (χ2n) is 8.24. The van der Waals surface area contributed by atoms with E-state index in [1.807, 2.05) is 20.8 Å². The van der Waals surface area contributed by atoms with E-state index >= 15 is 0 Å². The third kappa shape index (κ3) is 5.04. The summed E-state index contributed by atoms with van der Waals surface area (Å²) in [5.41, 5.74) is 3.57. The van der Waals surface area contributed by atoms with E-state index in [9.17, 15) is 4.79 Å². The van der Waals surface area contributed by atoms with Crippen molar-refractivity contribution in [2.45, 2.75) is 65.8 Å². The Bertz CT molecular complexity index is 732. The summed E-state index contributed by atoms with van der Waals surface area (Å²) in [7, 11) is 0. The van der Waals surface area contributed by atoms with E-state index in [-0.39, 0.29) is 11.4 Å². The van der Waals surface area contributed by atoms with Gasteiger partial charge in [-0.1, -0.05) is 45.9 Å². The van der Waals surface area contributed by atoms with E-state index in [1.165, 1.54) is 17.3 Å². The van der Waals surface area contributed by atoms with Gasteiger partial charge in [0.15, 0.2) is 0 Å². The number of amides is 1. The minimum Gasteiger partial charge on any atom is -0.346 e. The first-order chi connectivity index (χ1) is 12.1. The van der Waals surface area contributed by atoms with Gasteiger partial charge in [0.25, 0.3) is 5.91 Å². The molecule has 5 nitrogen and oxygen atoms in total. The summed E-state index contributed by atoms with van der Waals surface area (Å²) in [6.07, 6.45) is 3.12. The van der Waals surface area contributed by atoms with Gasteiger partial charge in [-0.25, -0.2) is 9.97 Å². The molecule has 0 aliphatic heterocycles. The summed E-state index contributed by atoms with van der Waals surface area (Å²) < 4.78 is 0. The summed E-state index contributed by atoms with van der Waals surface area (Å²) in [4.78, 5) is 20.8. The minimum atomic E-state index is -0.307. The first kappa shape index (κ1) is 19.9. The SMILES string of the molecule is CC(C)c1cccc(C(C)C)c1Nc1cnc(C(=O)NC(C)(C)C)cn1. The molecule has 0 saturated carbocycles. The maximum absolute atomic E-state index is 12.2. The Morgan fingerprint density at radius 2 is 1.54 bits per heavy atom. The first-order valence-electron chi connectivity index (χ1n) is 9.13. The van der Waals surface area contributed by atoms with Crippen LogP contribution in [0.5, 0.6) is 0 Å². The molecule has 0 atom stereocenters. The molecule has 0 spiro atoms. The van der Waals surface area contributed by atoms with E-state index < -0.39 is 0 Å². The lowest BCUT2D eigenvalue weighted by molar-refractivity contribution is 0.0914. The van der Waals surface area contributed by atoms with Crippen molar-refractivity contribution < 1.29 is 4.79 Å². The van der Waals surface area contributed by atoms with Gasteiger partial charge in [-0.3, -0.25) is 4.79 Å². The first-order valence-corrected chi connectivity index (χ1v) is 9.13. The molecule has 1 amide bonds. The second-order valence-corrected chi connectivity index (χ2v) is 8.24. The van der Waals surface area contributed by atoms with Crippen molar-refractivity contribution in [3.63, 3.8) is 0 Å². The van der Waals surface area contributed by atoms with E-state index in [0.717, 1.165) is 5.69 Å². The highest BCUT2D eigenvalue weighted by molar-refractivity contribution is 5.92. The quantitative estimate of drug-likeness (QED) is 0.793. The molecule has 0 unspecified atom stereocenters. The standard InChI is InChI=1S/C21H30N4O/c1-13(2)15-9-8-10-16(14(3)4)19(15)24-18-12-22-17(11-23-18)20(26)25-21(5,6)7/h8-14H,1-7H3,(H,23,24)(H,25,26). The zero-order chi connectivity index (χ0) is 19.5. The van der Waals surface area contributed by atoms with Crippen LogP contribution in [-0.4, -0.2) is 21.4 Å². The lowest BCUT2D eigenvalue weighted by Gasteiger charge is -2.21. The molecule has 2 aromatic rings. The van der Waals surface area contributed by atoms with Crippen LogP contribution in [0.15, 0.2) is 30.6 Å². The number of aromatic nitrogens is 2. The molecule has 2 N–H and O–H groups in total. The molecule has 0 bridgehead atoms. The topological polar surface area (TPSA) is 66.9 Å². The molecule has 1 aromatic carbocycles. The van der Waals surface area contributed by atoms with Crippen molar-refractivity contribution in [3.05, 3.63) is 47.4 Å². The van der Waals surface area contributed by atoms with Gasteiger partial charge in [0.1, 0.15) is 11.5 Å². The Morgan fingerprint density at radius 1 is 0.962 bits per heavy atom. The number of hydrogen-bond donors (Lipinski definition) is 2. The molecule has 0 aliphatic rings. The maximum atomic E-state index is 12.2. The van der Waals surface area contributed by atoms with Crippen LogP contribution in [0.1, 0.15) is 81.9 Å². The van der Waals surface area contributed by atoms with Gasteiger partial charge in [-0.2, -0.15) is 0 Å². The smallest absolute Gasteiger partial charge is 0.271 e. The van der Waals surface area contributed by atoms with Gasteiger partial charge in [0, 0.05) is 11.2 Å². The fourth-order valence-corrected chi connectivity index (χ4v) is 2.74. The number of carbonyl (C=O) groups is 1. The van der Waals surface area contributed by atoms with Gasteiger partial charge in [-0.15, -0.1) is 0 Å². The number of nitrogens with one attached hydrogen (secondary N) is 2. The second kappa shape index (κ2) is 7.85. The molecular formula is C21H30N4O. The number of carbonyl (C=O) groups excluding carboxylic acids is 1. The number of hydrogen-bond acceptors (Lipinski definition) is 4. The Kier molecular flexibility index (Phi) is 6.01. The molecule has 1 aromatic heterocycles. The highest BCUT2D eigenvalue weighted by atomic mass is 16.2. The van der Waals surface area contributed by atoms with Crippen molar-refractivity contribution in [1.82, 2.24) is 15.3 Å². The molecule has 2 rings (SSSR count). The molecule has 5 heteroatoms. The monoisotopic (exact) mass is 354 g/mol. The fourth-order valence-electron chi connectivity index (χ4n) is 2.74. The Balaban J connectivity index is 2.28. The van der Waals surface area contributed by atoms with E-state index in [2.05, 4.69) is 66.5 Å². The fraction of sp³-hybridized carbons (Fsp3) is 0.476. The van der Waals surface area contributed by atoms with Crippen LogP contribution in [0.25, 0.3) is 0 Å². The number of benzene rings is 1. The Morgan fingerprint density at radius 3 is 1.96 bits per heavy atom. The predicted octanol–water partition coefficient (Wildman–Crippen LogP) is 5.00. The van der Waals surface area contributed by atoms with E-state index in [4.69, 9.17) is 0 Å². The Hall–Kier alpha value is -2.43. The molecule has 140 valence electrons. The summed E-state index contributed by atoms with van der Waals surface area (Å²) in [6, 6.07) is 6.37. The van der Waals surface area contributed by atoms with Gasteiger partial charge in [-0.05, 0) is 43.7 Å². The van der Waals surface area contributed by atoms with Crippen molar-refractivity contribution in [2.24, 2.45) is 0 Å². The number of nitrogens with zero attached hydrogens (tertiary/aromatic N) is 2. The highest BCUT2D eigenvalue weighted by Gasteiger charge is 2.17. The number of rotatable bonds is 5. The predicted molar refractivity (Wildman–Crippen MR) is 107 cm³/mol. The molecule has 1 heterocycles. The van der Waals surface area contributed by atoms with Crippen LogP contribution in [0, 0.1) is 0 Å². The van der Waals surface area contributed by atoms with Crippen LogP contribution < -0.4 is 10.6 Å². The van der Waals surface area contributed by atoms with E-state index in [1.54, 1.807) is 6.20 Å². The minimum absolute atomic E-state index is 0.220. The maximum Gasteiger partial charge on any atom is 0.271 e. The third-order valence-electron chi connectivity index (χ3n) is 4.00. The van der Waals surface area contributed by atoms with Crippen LogP contribution in [0.3, 0.4) is 0 Å². The van der Waals surface area contributed by atoms with Crippen molar-refractivity contribution >= 4 is 17.4 Å². The van der Waals surface area contributed by atoms with Crippen LogP contribution in [-0.2, 0) is 0 Å². The summed E-state index contributed by atoms with van der Waals surface area (Å²) in [5, 5.41) is 6.30. The Labute approximate surface area is 156 Å². The molecule has 0 radical (unpaired) electrons. The lowest BCUT2D eigenvalue weighted by Crippen LogP contribution is -2.40. The number of anilines is 2. The van der Waals surface area contributed by atoms with Crippen LogP contribution in [0.2, 0.25) is 0 Å².